The molecule has 0 radical (unpaired) electrons. The molecule has 4 nitrogen and oxygen atoms in total. The molecule has 0 aliphatic rings. The van der Waals surface area contributed by atoms with Crippen LogP contribution in [0, 0.1) is 0 Å². The lowest BCUT2D eigenvalue weighted by molar-refractivity contribution is -0.120. The predicted octanol–water partition coefficient (Wildman–Crippen LogP) is 2.37. The SMILES string of the molecule is CCC(C)NC(C(N)=O)c1cc(Br)ccc1OC. The van der Waals surface area contributed by atoms with E-state index in [9.17, 15) is 4.79 Å². The molecule has 18 heavy (non-hydrogen) atoms. The number of nitrogens with one attached hydrogen (secondary N) is 1. The second-order valence-corrected chi connectivity index (χ2v) is 5.11. The van der Waals surface area contributed by atoms with E-state index in [1.165, 1.54) is 0 Å². The fraction of sp³-hybridized carbons (Fsp3) is 0.462. The van der Waals surface area contributed by atoms with Crippen LogP contribution in [0.2, 0.25) is 0 Å². The van der Waals surface area contributed by atoms with Gasteiger partial charge in [-0.2, -0.15) is 0 Å². The van der Waals surface area contributed by atoms with Crippen molar-refractivity contribution >= 4 is 21.8 Å². The normalized spacial score (nSPS) is 14.0. The van der Waals surface area contributed by atoms with Crippen molar-refractivity contribution in [2.45, 2.75) is 32.4 Å². The maximum atomic E-state index is 11.6. The molecule has 1 amide bonds. The number of carbonyl (C=O) groups is 1. The van der Waals surface area contributed by atoms with E-state index in [1.54, 1.807) is 7.11 Å². The van der Waals surface area contributed by atoms with E-state index in [1.807, 2.05) is 32.0 Å². The van der Waals surface area contributed by atoms with Crippen LogP contribution in [0.4, 0.5) is 0 Å². The zero-order valence-electron chi connectivity index (χ0n) is 10.9. The lowest BCUT2D eigenvalue weighted by Crippen LogP contribution is -2.38. The highest BCUT2D eigenvalue weighted by Crippen LogP contribution is 2.28. The number of benzene rings is 1. The van der Waals surface area contributed by atoms with E-state index >= 15 is 0 Å². The summed E-state index contributed by atoms with van der Waals surface area (Å²) in [5.41, 5.74) is 6.22. The van der Waals surface area contributed by atoms with Gasteiger partial charge in [-0.25, -0.2) is 0 Å². The quantitative estimate of drug-likeness (QED) is 0.847. The monoisotopic (exact) mass is 314 g/mol. The molecule has 1 aromatic rings. The highest BCUT2D eigenvalue weighted by atomic mass is 79.9. The first-order valence-electron chi connectivity index (χ1n) is 5.88. The molecule has 0 fully saturated rings. The lowest BCUT2D eigenvalue weighted by atomic mass is 10.0. The number of nitrogens with two attached hydrogens (primary N) is 1. The van der Waals surface area contributed by atoms with Crippen molar-refractivity contribution < 1.29 is 9.53 Å². The van der Waals surface area contributed by atoms with Crippen LogP contribution in [0.25, 0.3) is 0 Å². The first-order chi connectivity index (χ1) is 8.49. The second-order valence-electron chi connectivity index (χ2n) is 4.20. The largest absolute Gasteiger partial charge is 0.496 e. The Morgan fingerprint density at radius 1 is 1.56 bits per heavy atom. The molecule has 0 aromatic heterocycles. The van der Waals surface area contributed by atoms with Gasteiger partial charge in [0.2, 0.25) is 5.91 Å². The van der Waals surface area contributed by atoms with Crippen molar-refractivity contribution in [1.29, 1.82) is 0 Å². The molecular weight excluding hydrogens is 296 g/mol. The number of ether oxygens (including phenoxy) is 1. The van der Waals surface area contributed by atoms with Crippen molar-refractivity contribution in [3.8, 4) is 5.75 Å². The number of carbonyl (C=O) groups excluding carboxylic acids is 1. The van der Waals surface area contributed by atoms with Crippen molar-refractivity contribution in [3.63, 3.8) is 0 Å². The van der Waals surface area contributed by atoms with E-state index in [0.29, 0.717) is 5.75 Å². The highest BCUT2D eigenvalue weighted by Gasteiger charge is 2.23. The molecule has 0 aliphatic carbocycles. The number of amides is 1. The molecule has 100 valence electrons. The molecule has 1 aromatic carbocycles. The third kappa shape index (κ3) is 3.71. The molecule has 1 rings (SSSR count). The molecule has 3 N–H and O–H groups in total. The first-order valence-corrected chi connectivity index (χ1v) is 6.67. The number of hydrogen-bond donors (Lipinski definition) is 2. The molecule has 0 spiro atoms. The van der Waals surface area contributed by atoms with Gasteiger partial charge in [-0.1, -0.05) is 22.9 Å². The third-order valence-electron chi connectivity index (χ3n) is 2.85. The zero-order chi connectivity index (χ0) is 13.7. The smallest absolute Gasteiger partial charge is 0.239 e. The fourth-order valence-corrected chi connectivity index (χ4v) is 2.04. The third-order valence-corrected chi connectivity index (χ3v) is 3.34. The van der Waals surface area contributed by atoms with E-state index in [0.717, 1.165) is 16.5 Å². The van der Waals surface area contributed by atoms with Crippen LogP contribution in [0.15, 0.2) is 22.7 Å². The summed E-state index contributed by atoms with van der Waals surface area (Å²) in [6.45, 7) is 4.06. The Morgan fingerprint density at radius 2 is 2.22 bits per heavy atom. The minimum Gasteiger partial charge on any atom is -0.496 e. The van der Waals surface area contributed by atoms with Crippen LogP contribution in [-0.2, 0) is 4.79 Å². The Balaban J connectivity index is 3.12. The van der Waals surface area contributed by atoms with Gasteiger partial charge in [-0.3, -0.25) is 10.1 Å². The van der Waals surface area contributed by atoms with Gasteiger partial charge in [-0.05, 0) is 31.5 Å². The molecular formula is C13H19BrN2O2. The molecule has 0 aliphatic heterocycles. The minimum atomic E-state index is -0.549. The van der Waals surface area contributed by atoms with Gasteiger partial charge in [0.15, 0.2) is 0 Å². The minimum absolute atomic E-state index is 0.200. The average Bonchev–Trinajstić information content (AvgIpc) is 2.35. The highest BCUT2D eigenvalue weighted by molar-refractivity contribution is 9.10. The average molecular weight is 315 g/mol. The predicted molar refractivity (Wildman–Crippen MR) is 75.5 cm³/mol. The van der Waals surface area contributed by atoms with Gasteiger partial charge < -0.3 is 10.5 Å². The van der Waals surface area contributed by atoms with Crippen LogP contribution < -0.4 is 15.8 Å². The van der Waals surface area contributed by atoms with Crippen molar-refractivity contribution in [2.24, 2.45) is 5.73 Å². The second kappa shape index (κ2) is 6.75. The van der Waals surface area contributed by atoms with E-state index in [4.69, 9.17) is 10.5 Å². The van der Waals surface area contributed by atoms with Gasteiger partial charge in [0, 0.05) is 16.1 Å². The van der Waals surface area contributed by atoms with Crippen LogP contribution in [0.5, 0.6) is 5.75 Å². The summed E-state index contributed by atoms with van der Waals surface area (Å²) in [7, 11) is 1.58. The van der Waals surface area contributed by atoms with Crippen molar-refractivity contribution in [1.82, 2.24) is 5.32 Å². The molecule has 0 saturated heterocycles. The fourth-order valence-electron chi connectivity index (χ4n) is 1.66. The Hall–Kier alpha value is -1.07. The molecule has 0 saturated carbocycles. The number of methoxy groups -OCH3 is 1. The van der Waals surface area contributed by atoms with Crippen LogP contribution >= 0.6 is 15.9 Å². The van der Waals surface area contributed by atoms with Gasteiger partial charge in [0.1, 0.15) is 11.8 Å². The van der Waals surface area contributed by atoms with E-state index < -0.39 is 11.9 Å². The summed E-state index contributed by atoms with van der Waals surface area (Å²) >= 11 is 3.39. The van der Waals surface area contributed by atoms with Crippen molar-refractivity contribution in [3.05, 3.63) is 28.2 Å². The van der Waals surface area contributed by atoms with Gasteiger partial charge in [0.05, 0.1) is 7.11 Å². The maximum absolute atomic E-state index is 11.6. The molecule has 0 heterocycles. The van der Waals surface area contributed by atoms with E-state index in [2.05, 4.69) is 21.2 Å². The lowest BCUT2D eigenvalue weighted by Gasteiger charge is -2.22. The van der Waals surface area contributed by atoms with Crippen LogP contribution in [0.3, 0.4) is 0 Å². The number of rotatable bonds is 6. The van der Waals surface area contributed by atoms with Gasteiger partial charge >= 0.3 is 0 Å². The number of hydrogen-bond acceptors (Lipinski definition) is 3. The maximum Gasteiger partial charge on any atom is 0.239 e. The summed E-state index contributed by atoms with van der Waals surface area (Å²) in [6.07, 6.45) is 0.917. The van der Waals surface area contributed by atoms with E-state index in [-0.39, 0.29) is 6.04 Å². The topological polar surface area (TPSA) is 64.3 Å². The first kappa shape index (κ1) is 15.0. The van der Waals surface area contributed by atoms with Crippen LogP contribution in [0.1, 0.15) is 31.9 Å². The Morgan fingerprint density at radius 3 is 2.72 bits per heavy atom. The van der Waals surface area contributed by atoms with Crippen LogP contribution in [-0.4, -0.2) is 19.1 Å². The summed E-state index contributed by atoms with van der Waals surface area (Å²) in [6, 6.07) is 5.18. The Bertz CT molecular complexity index is 423. The Kier molecular flexibility index (Phi) is 5.62. The number of halogens is 1. The number of primary amides is 1. The zero-order valence-corrected chi connectivity index (χ0v) is 12.5. The molecule has 0 bridgehead atoms. The summed E-state index contributed by atoms with van der Waals surface area (Å²) in [5, 5.41) is 3.21. The van der Waals surface area contributed by atoms with Crippen molar-refractivity contribution in [2.75, 3.05) is 7.11 Å². The molecule has 2 unspecified atom stereocenters. The Labute approximate surface area is 116 Å². The summed E-state index contributed by atoms with van der Waals surface area (Å²) in [4.78, 5) is 11.6. The summed E-state index contributed by atoms with van der Waals surface area (Å²) in [5.74, 6) is 0.240. The van der Waals surface area contributed by atoms with Gasteiger partial charge in [-0.15, -0.1) is 0 Å². The van der Waals surface area contributed by atoms with Gasteiger partial charge in [0.25, 0.3) is 0 Å². The molecule has 5 heteroatoms. The molecule has 2 atom stereocenters. The standard InChI is InChI=1S/C13H19BrN2O2/c1-4-8(2)16-12(13(15)17)10-7-9(14)5-6-11(10)18-3/h5-8,12,16H,4H2,1-3H3,(H2,15,17). The summed E-state index contributed by atoms with van der Waals surface area (Å²) < 4.78 is 6.16.